The summed E-state index contributed by atoms with van der Waals surface area (Å²) in [5.74, 6) is 0.0593. The Balaban J connectivity index is 1.40. The number of cyclic esters (lactones) is 1. The van der Waals surface area contributed by atoms with Crippen molar-refractivity contribution >= 4 is 5.97 Å². The number of aliphatic hydroxyl groups is 1. The second kappa shape index (κ2) is 13.0. The van der Waals surface area contributed by atoms with Gasteiger partial charge in [-0.25, -0.2) is 4.79 Å². The number of rotatable bonds is 3. The van der Waals surface area contributed by atoms with Crippen LogP contribution in [0.3, 0.4) is 0 Å². The van der Waals surface area contributed by atoms with Crippen LogP contribution in [0.4, 0.5) is 0 Å². The first-order valence-corrected chi connectivity index (χ1v) is 13.5. The molecule has 0 spiro atoms. The molecule has 1 unspecified atom stereocenters. The molecule has 36 heavy (non-hydrogen) atoms. The third kappa shape index (κ3) is 8.55. The lowest BCUT2D eigenvalue weighted by molar-refractivity contribution is -0.143. The molecule has 0 aromatic heterocycles. The van der Waals surface area contributed by atoms with E-state index in [9.17, 15) is 9.90 Å². The van der Waals surface area contributed by atoms with Crippen LogP contribution in [0.25, 0.3) is 0 Å². The Morgan fingerprint density at radius 2 is 2.00 bits per heavy atom. The third-order valence-electron chi connectivity index (χ3n) is 7.33. The van der Waals surface area contributed by atoms with Crippen LogP contribution in [0, 0.1) is 5.92 Å². The number of hydrogen-bond acceptors (Lipinski definition) is 6. The van der Waals surface area contributed by atoms with Gasteiger partial charge in [-0.05, 0) is 51.4 Å². The van der Waals surface area contributed by atoms with E-state index in [1.807, 2.05) is 12.2 Å². The van der Waals surface area contributed by atoms with E-state index >= 15 is 0 Å². The predicted octanol–water partition coefficient (Wildman–Crippen LogP) is 5.13. The molecule has 6 nitrogen and oxygen atoms in total. The lowest BCUT2D eigenvalue weighted by atomic mass is 9.91. The Kier molecular flexibility index (Phi) is 9.77. The lowest BCUT2D eigenvalue weighted by Crippen LogP contribution is -2.26. The highest BCUT2D eigenvalue weighted by molar-refractivity contribution is 5.82. The number of carbonyl (C=O) groups excluding carboxylic acids is 1. The van der Waals surface area contributed by atoms with Gasteiger partial charge >= 0.3 is 5.97 Å². The summed E-state index contributed by atoms with van der Waals surface area (Å²) in [4.78, 5) is 12.6. The van der Waals surface area contributed by atoms with Gasteiger partial charge in [0.25, 0.3) is 0 Å². The van der Waals surface area contributed by atoms with Gasteiger partial charge in [-0.2, -0.15) is 0 Å². The van der Waals surface area contributed by atoms with Gasteiger partial charge in [-0.3, -0.25) is 0 Å². The van der Waals surface area contributed by atoms with Crippen molar-refractivity contribution in [3.05, 3.63) is 60.3 Å². The monoisotopic (exact) mass is 498 g/mol. The van der Waals surface area contributed by atoms with Crippen LogP contribution in [0.1, 0.15) is 65.2 Å². The number of fused-ring (bicyclic) bond motifs is 3. The maximum absolute atomic E-state index is 12.6. The summed E-state index contributed by atoms with van der Waals surface area (Å²) in [5, 5.41) is 10.7. The molecule has 198 valence electrons. The van der Waals surface area contributed by atoms with E-state index in [0.717, 1.165) is 31.3 Å². The summed E-state index contributed by atoms with van der Waals surface area (Å²) in [6.07, 6.45) is 18.6. The molecule has 4 aliphatic rings. The van der Waals surface area contributed by atoms with Crippen molar-refractivity contribution in [1.29, 1.82) is 0 Å². The van der Waals surface area contributed by atoms with Crippen LogP contribution in [-0.4, -0.2) is 60.4 Å². The molecule has 0 aromatic carbocycles. The van der Waals surface area contributed by atoms with E-state index in [2.05, 4.69) is 44.7 Å². The highest BCUT2D eigenvalue weighted by atomic mass is 16.6. The molecule has 8 atom stereocenters. The van der Waals surface area contributed by atoms with Crippen molar-refractivity contribution < 1.29 is 28.8 Å². The van der Waals surface area contributed by atoms with E-state index in [1.165, 1.54) is 11.6 Å². The topological polar surface area (TPSA) is 77.5 Å². The van der Waals surface area contributed by atoms with Gasteiger partial charge in [0.05, 0.1) is 37.1 Å². The molecule has 0 amide bonds. The first kappa shape index (κ1) is 27.1. The normalized spacial score (nSPS) is 38.6. The molecule has 0 radical (unpaired) electrons. The van der Waals surface area contributed by atoms with E-state index in [0.29, 0.717) is 38.2 Å². The summed E-state index contributed by atoms with van der Waals surface area (Å²) in [5.41, 5.74) is 2.37. The fraction of sp³-hybridized carbons (Fsp3) is 0.633. The summed E-state index contributed by atoms with van der Waals surface area (Å²) in [6, 6.07) is 0. The maximum Gasteiger partial charge on any atom is 0.330 e. The number of esters is 1. The van der Waals surface area contributed by atoms with E-state index in [-0.39, 0.29) is 42.6 Å². The molecule has 4 aliphatic heterocycles. The molecule has 1 N–H and O–H groups in total. The second-order valence-corrected chi connectivity index (χ2v) is 10.9. The van der Waals surface area contributed by atoms with Gasteiger partial charge in [0.1, 0.15) is 12.2 Å². The van der Waals surface area contributed by atoms with Crippen molar-refractivity contribution in [2.24, 2.45) is 5.92 Å². The van der Waals surface area contributed by atoms with E-state index in [4.69, 9.17) is 18.9 Å². The van der Waals surface area contributed by atoms with E-state index in [1.54, 1.807) is 0 Å². The molecular weight excluding hydrogens is 456 g/mol. The van der Waals surface area contributed by atoms with Gasteiger partial charge in [0.2, 0.25) is 0 Å². The highest BCUT2D eigenvalue weighted by Crippen LogP contribution is 2.34. The smallest absolute Gasteiger partial charge is 0.330 e. The first-order valence-electron chi connectivity index (χ1n) is 13.5. The van der Waals surface area contributed by atoms with Gasteiger partial charge in [0.15, 0.2) is 0 Å². The Morgan fingerprint density at radius 1 is 1.14 bits per heavy atom. The second-order valence-electron chi connectivity index (χ2n) is 10.9. The summed E-state index contributed by atoms with van der Waals surface area (Å²) >= 11 is 0. The molecule has 0 aromatic rings. The lowest BCUT2D eigenvalue weighted by Gasteiger charge is -2.28. The Morgan fingerprint density at radius 3 is 2.83 bits per heavy atom. The van der Waals surface area contributed by atoms with Gasteiger partial charge in [-0.1, -0.05) is 61.1 Å². The Bertz CT molecular complexity index is 886. The zero-order valence-electron chi connectivity index (χ0n) is 21.7. The van der Waals surface area contributed by atoms with Crippen molar-refractivity contribution in [1.82, 2.24) is 0 Å². The van der Waals surface area contributed by atoms with Crippen molar-refractivity contribution in [3.8, 4) is 0 Å². The average Bonchev–Trinajstić information content (AvgIpc) is 3.58. The molecular formula is C30H42O6. The summed E-state index contributed by atoms with van der Waals surface area (Å²) in [7, 11) is 0. The SMILES string of the molecule is C=C1C[C@H](C)C[C@@H]2CC=C[C@@H](CC=CC(=O)O[C@H](CC=C[C@@H]3CC(C)=CCO3)C[C@@H]3OC3[C@@H](O)C1)O2. The minimum atomic E-state index is -0.594. The summed E-state index contributed by atoms with van der Waals surface area (Å²) in [6.45, 7) is 9.18. The summed E-state index contributed by atoms with van der Waals surface area (Å²) < 4.78 is 23.6. The molecule has 4 rings (SSSR count). The quantitative estimate of drug-likeness (QED) is 0.330. The molecule has 1 fully saturated rings. The largest absolute Gasteiger partial charge is 0.459 e. The molecule has 2 bridgehead atoms. The molecule has 1 saturated heterocycles. The Labute approximate surface area is 215 Å². The van der Waals surface area contributed by atoms with Crippen LogP contribution < -0.4 is 0 Å². The maximum atomic E-state index is 12.6. The third-order valence-corrected chi connectivity index (χ3v) is 7.33. The van der Waals surface area contributed by atoms with Crippen molar-refractivity contribution in [2.75, 3.05) is 6.61 Å². The number of carbonyl (C=O) groups is 1. The van der Waals surface area contributed by atoms with Gasteiger partial charge in [0, 0.05) is 18.9 Å². The zero-order chi connectivity index (χ0) is 25.5. The molecule has 0 saturated carbocycles. The molecule has 4 heterocycles. The van der Waals surface area contributed by atoms with Gasteiger partial charge < -0.3 is 24.1 Å². The number of hydrogen-bond donors (Lipinski definition) is 1. The fourth-order valence-corrected chi connectivity index (χ4v) is 5.45. The van der Waals surface area contributed by atoms with Crippen LogP contribution in [0.15, 0.2) is 60.3 Å². The van der Waals surface area contributed by atoms with E-state index < -0.39 is 6.10 Å². The highest BCUT2D eigenvalue weighted by Gasteiger charge is 2.45. The minimum Gasteiger partial charge on any atom is -0.459 e. The average molecular weight is 499 g/mol. The first-order chi connectivity index (χ1) is 17.4. The van der Waals surface area contributed by atoms with Crippen molar-refractivity contribution in [2.45, 2.75) is 108 Å². The number of ether oxygens (including phenoxy) is 4. The standard InChI is InChI=1S/C30H42O6/c1-20-13-14-33-24(16-20)9-5-11-26-19-28-30(36-28)27(31)18-22(3)15-21(2)17-25-10-4-7-23(34-25)8-6-12-29(32)35-26/h4-7,9,12-13,21,23-28,30-31H,3,8,10-11,14-19H2,1-2H3/t21-,23-,24+,25-,26+,27-,28-,30?/m0/s1. The minimum absolute atomic E-state index is 0.0312. The van der Waals surface area contributed by atoms with Crippen LogP contribution >= 0.6 is 0 Å². The predicted molar refractivity (Wildman–Crippen MR) is 139 cm³/mol. The Hall–Kier alpha value is -1.99. The van der Waals surface area contributed by atoms with Crippen LogP contribution in [-0.2, 0) is 23.7 Å². The molecule has 6 heteroatoms. The zero-order valence-corrected chi connectivity index (χ0v) is 21.7. The van der Waals surface area contributed by atoms with Crippen LogP contribution in [0.2, 0.25) is 0 Å². The van der Waals surface area contributed by atoms with Crippen LogP contribution in [0.5, 0.6) is 0 Å². The number of aliphatic hydroxyl groups excluding tert-OH is 1. The molecule has 0 aliphatic carbocycles. The fourth-order valence-electron chi connectivity index (χ4n) is 5.45. The number of epoxide rings is 1. The van der Waals surface area contributed by atoms with Gasteiger partial charge in [-0.15, -0.1) is 0 Å². The van der Waals surface area contributed by atoms with Crippen molar-refractivity contribution in [3.63, 3.8) is 0 Å².